The highest BCUT2D eigenvalue weighted by Crippen LogP contribution is 2.32. The van der Waals surface area contributed by atoms with E-state index in [0.29, 0.717) is 23.0 Å². The lowest BCUT2D eigenvalue weighted by Crippen LogP contribution is -2.47. The van der Waals surface area contributed by atoms with Crippen molar-refractivity contribution < 1.29 is 22.4 Å². The number of carbonyl (C=O) groups is 1. The maximum absolute atomic E-state index is 14.0. The molecule has 0 aliphatic heterocycles. The number of hydrogen-bond acceptors (Lipinski definition) is 3. The minimum atomic E-state index is -4.61. The van der Waals surface area contributed by atoms with Gasteiger partial charge in [0.2, 0.25) is 0 Å². The van der Waals surface area contributed by atoms with Crippen LogP contribution in [0, 0.1) is 19.4 Å². The number of alkyl halides is 3. The third-order valence-corrected chi connectivity index (χ3v) is 8.81. The molecule has 1 amide bonds. The van der Waals surface area contributed by atoms with Crippen molar-refractivity contribution in [3.8, 4) is 22.8 Å². The third kappa shape index (κ3) is 6.59. The van der Waals surface area contributed by atoms with E-state index in [2.05, 4.69) is 36.3 Å². The summed E-state index contributed by atoms with van der Waals surface area (Å²) in [5.74, 6) is 0.541. The lowest BCUT2D eigenvalue weighted by atomic mass is 9.85. The molecular formula is C33H37F3N7O2+. The molecule has 45 heavy (non-hydrogen) atoms. The third-order valence-electron chi connectivity index (χ3n) is 8.81. The quantitative estimate of drug-likeness (QED) is 0.187. The molecule has 2 heterocycles. The van der Waals surface area contributed by atoms with Crippen molar-refractivity contribution in [1.82, 2.24) is 24.2 Å². The van der Waals surface area contributed by atoms with Crippen LogP contribution < -0.4 is 11.0 Å². The number of aromatic nitrogens is 4. The van der Waals surface area contributed by atoms with Gasteiger partial charge in [-0.3, -0.25) is 4.57 Å². The second-order valence-electron chi connectivity index (χ2n) is 12.3. The minimum Gasteiger partial charge on any atom is -0.335 e. The van der Waals surface area contributed by atoms with Crippen LogP contribution in [0.3, 0.4) is 0 Å². The van der Waals surface area contributed by atoms with Crippen LogP contribution >= 0.6 is 0 Å². The van der Waals surface area contributed by atoms with Gasteiger partial charge in [-0.2, -0.15) is 18.3 Å². The summed E-state index contributed by atoms with van der Waals surface area (Å²) in [6.07, 6.45) is 0.337. The van der Waals surface area contributed by atoms with Gasteiger partial charge in [-0.25, -0.2) is 23.7 Å². The number of carbonyl (C=O) groups excluding carboxylic acids is 1. The molecule has 5 rings (SSSR count). The van der Waals surface area contributed by atoms with Crippen LogP contribution in [0.25, 0.3) is 27.6 Å². The first-order valence-electron chi connectivity index (χ1n) is 15.0. The molecule has 0 unspecified atom stereocenters. The van der Waals surface area contributed by atoms with Crippen LogP contribution in [0.4, 0.5) is 23.7 Å². The molecule has 1 aliphatic rings. The van der Waals surface area contributed by atoms with E-state index in [0.717, 1.165) is 64.5 Å². The molecule has 0 spiro atoms. The maximum atomic E-state index is 14.0. The molecule has 0 atom stereocenters. The van der Waals surface area contributed by atoms with Gasteiger partial charge < -0.3 is 9.80 Å². The Morgan fingerprint density at radius 3 is 2.38 bits per heavy atom. The summed E-state index contributed by atoms with van der Waals surface area (Å²) in [7, 11) is 4.42. The van der Waals surface area contributed by atoms with Crippen LogP contribution in [-0.2, 0) is 6.18 Å². The van der Waals surface area contributed by atoms with Crippen molar-refractivity contribution in [2.45, 2.75) is 51.7 Å². The number of halogens is 3. The monoisotopic (exact) mass is 620 g/mol. The topological polar surface area (TPSA) is 78.2 Å². The highest BCUT2D eigenvalue weighted by atomic mass is 19.4. The summed E-state index contributed by atoms with van der Waals surface area (Å²) in [4.78, 5) is 31.4. The van der Waals surface area contributed by atoms with Gasteiger partial charge in [0.15, 0.2) is 5.69 Å². The molecule has 12 heteroatoms. The predicted molar refractivity (Wildman–Crippen MR) is 166 cm³/mol. The molecule has 1 saturated carbocycles. The van der Waals surface area contributed by atoms with E-state index in [4.69, 9.17) is 6.57 Å². The largest absolute Gasteiger partial charge is 0.416 e. The zero-order chi connectivity index (χ0) is 32.5. The highest BCUT2D eigenvalue weighted by Gasteiger charge is 2.33. The van der Waals surface area contributed by atoms with Crippen LogP contribution in [-0.4, -0.2) is 62.7 Å². The molecule has 236 valence electrons. The second kappa shape index (κ2) is 12.4. The molecule has 0 bridgehead atoms. The number of amides is 1. The standard InChI is InChI=1S/C33H36F3N7O2/c1-6-43(4,5)21-23-10-12-26(13-11-23)39-31(44)41-30(29-18-19-38-42(29)27-16-14-25(37-3)15-17-27)22(2)40(32(41)45)28-9-7-8-24(20-28)33(34,35)36/h7-9,14-20,23,26H,6,10-13,21H2,1-2,4-5H3/p+1. The van der Waals surface area contributed by atoms with E-state index in [1.807, 2.05) is 0 Å². The first kappa shape index (κ1) is 31.8. The summed E-state index contributed by atoms with van der Waals surface area (Å²) >= 11 is 0. The summed E-state index contributed by atoms with van der Waals surface area (Å²) in [5, 5.41) is 7.45. The first-order valence-corrected chi connectivity index (χ1v) is 15.0. The smallest absolute Gasteiger partial charge is 0.335 e. The van der Waals surface area contributed by atoms with Gasteiger partial charge in [0, 0.05) is 12.0 Å². The Bertz CT molecular complexity index is 1780. The Hall–Kier alpha value is -4.63. The molecule has 2 aromatic carbocycles. The SMILES string of the molecule is [C-]#[N+]c1ccc(-n2nccc2-c2c(C)n(-c3cccc(C(F)(F)F)c3)c(=O)n2C(=O)NC2CCC(C[N+](C)(C)CC)CC2)cc1. The molecule has 1 fully saturated rings. The zero-order valence-corrected chi connectivity index (χ0v) is 25.8. The van der Waals surface area contributed by atoms with Crippen molar-refractivity contribution >= 4 is 11.7 Å². The Morgan fingerprint density at radius 2 is 1.76 bits per heavy atom. The number of rotatable bonds is 7. The summed E-state index contributed by atoms with van der Waals surface area (Å²) < 4.78 is 45.5. The number of benzene rings is 2. The number of nitrogens with zero attached hydrogens (tertiary/aromatic N) is 6. The van der Waals surface area contributed by atoms with Gasteiger partial charge >= 0.3 is 17.9 Å². The average molecular weight is 621 g/mol. The first-order chi connectivity index (χ1) is 21.3. The Balaban J connectivity index is 1.56. The van der Waals surface area contributed by atoms with Gasteiger partial charge in [-0.1, -0.05) is 18.2 Å². The van der Waals surface area contributed by atoms with Crippen molar-refractivity contribution in [3.05, 3.63) is 94.0 Å². The molecule has 0 saturated heterocycles. The van der Waals surface area contributed by atoms with Gasteiger partial charge in [0.1, 0.15) is 5.69 Å². The van der Waals surface area contributed by atoms with E-state index in [-0.39, 0.29) is 23.1 Å². The molecule has 1 aliphatic carbocycles. The fraction of sp³-hybridized carbons (Fsp3) is 0.394. The maximum Gasteiger partial charge on any atom is 0.416 e. The van der Waals surface area contributed by atoms with Gasteiger partial charge in [0.05, 0.1) is 68.3 Å². The van der Waals surface area contributed by atoms with Gasteiger partial charge in [-0.05, 0) is 75.9 Å². The number of quaternary nitrogens is 1. The lowest BCUT2D eigenvalue weighted by Gasteiger charge is -2.36. The minimum absolute atomic E-state index is 0.00947. The molecule has 4 aromatic rings. The Morgan fingerprint density at radius 1 is 1.07 bits per heavy atom. The lowest BCUT2D eigenvalue weighted by molar-refractivity contribution is -0.892. The molecular weight excluding hydrogens is 583 g/mol. The number of imidazole rings is 1. The normalized spacial score (nSPS) is 17.2. The average Bonchev–Trinajstić information content (AvgIpc) is 3.59. The van der Waals surface area contributed by atoms with Crippen LogP contribution in [0.1, 0.15) is 43.9 Å². The van der Waals surface area contributed by atoms with E-state index in [1.165, 1.54) is 23.0 Å². The van der Waals surface area contributed by atoms with E-state index >= 15 is 0 Å². The van der Waals surface area contributed by atoms with Crippen LogP contribution in [0.5, 0.6) is 0 Å². The van der Waals surface area contributed by atoms with E-state index in [1.54, 1.807) is 37.3 Å². The van der Waals surface area contributed by atoms with Gasteiger partial charge in [-0.15, -0.1) is 0 Å². The molecule has 0 radical (unpaired) electrons. The van der Waals surface area contributed by atoms with Gasteiger partial charge in [0.25, 0.3) is 0 Å². The summed E-state index contributed by atoms with van der Waals surface area (Å²) in [5.41, 5.74) is 0.189. The fourth-order valence-corrected chi connectivity index (χ4v) is 6.13. The second-order valence-corrected chi connectivity index (χ2v) is 12.3. The molecule has 9 nitrogen and oxygen atoms in total. The summed E-state index contributed by atoms with van der Waals surface area (Å²) in [6, 6.07) is 12.0. The predicted octanol–water partition coefficient (Wildman–Crippen LogP) is 6.58. The van der Waals surface area contributed by atoms with Crippen molar-refractivity contribution in [2.24, 2.45) is 5.92 Å². The van der Waals surface area contributed by atoms with Crippen molar-refractivity contribution in [3.63, 3.8) is 0 Å². The zero-order valence-electron chi connectivity index (χ0n) is 25.8. The Labute approximate surface area is 259 Å². The summed E-state index contributed by atoms with van der Waals surface area (Å²) in [6.45, 7) is 13.1. The molecule has 2 aromatic heterocycles. The van der Waals surface area contributed by atoms with Crippen LogP contribution in [0.15, 0.2) is 65.6 Å². The number of hydrogen-bond donors (Lipinski definition) is 1. The van der Waals surface area contributed by atoms with Crippen molar-refractivity contribution in [1.29, 1.82) is 0 Å². The van der Waals surface area contributed by atoms with E-state index < -0.39 is 23.5 Å². The number of nitrogens with one attached hydrogen (secondary N) is 1. The molecule has 1 N–H and O–H groups in total. The van der Waals surface area contributed by atoms with E-state index in [9.17, 15) is 22.8 Å². The van der Waals surface area contributed by atoms with Crippen molar-refractivity contribution in [2.75, 3.05) is 27.2 Å². The fourth-order valence-electron chi connectivity index (χ4n) is 6.13. The Kier molecular flexibility index (Phi) is 8.76. The van der Waals surface area contributed by atoms with Crippen LogP contribution in [0.2, 0.25) is 0 Å². The highest BCUT2D eigenvalue weighted by molar-refractivity contribution is 5.83.